The molecular weight excluding hydrogens is 821 g/mol. The summed E-state index contributed by atoms with van der Waals surface area (Å²) in [6.45, 7) is 13.5. The van der Waals surface area contributed by atoms with E-state index in [9.17, 15) is 0 Å². The van der Waals surface area contributed by atoms with E-state index in [1.54, 1.807) is 0 Å². The topological polar surface area (TPSA) is 67.0 Å². The number of aromatic nitrogens is 5. The summed E-state index contributed by atoms with van der Waals surface area (Å²) in [5, 5.41) is 4.44. The van der Waals surface area contributed by atoms with Gasteiger partial charge in [0.25, 0.3) is 6.71 Å². The molecule has 0 saturated heterocycles. The molecule has 0 unspecified atom stereocenters. The Labute approximate surface area is 389 Å². The van der Waals surface area contributed by atoms with Crippen molar-refractivity contribution in [3.05, 3.63) is 181 Å². The van der Waals surface area contributed by atoms with Crippen LogP contribution in [0.5, 0.6) is 23.0 Å². The standard InChI is InChI=1S/C59H46BN5O2/c1-58(2,3)37-25-29-48-44(31-37)60-45-32-38(59(4,5)6)26-30-49(45)67-51-34-39(33-50(66-48)52(51)60)64-46-23-15-13-21-40(46)42-27-28-43-41-22-14-16-24-47(41)65(54(43)53(42)64)57-62-55(35-17-9-7-10-18-35)61-56(63-57)36-19-11-8-12-20-36/h7-34H,1-6H3. The largest absolute Gasteiger partial charge is 0.458 e. The van der Waals surface area contributed by atoms with Gasteiger partial charge in [-0.25, -0.2) is 4.98 Å². The van der Waals surface area contributed by atoms with Gasteiger partial charge >= 0.3 is 0 Å². The molecule has 0 radical (unpaired) electrons. The highest BCUT2D eigenvalue weighted by atomic mass is 16.5. The van der Waals surface area contributed by atoms with E-state index in [0.717, 1.165) is 99.8 Å². The van der Waals surface area contributed by atoms with Gasteiger partial charge in [-0.2, -0.15) is 9.97 Å². The summed E-state index contributed by atoms with van der Waals surface area (Å²) in [5.41, 5.74) is 12.7. The molecule has 11 aromatic rings. The molecule has 322 valence electrons. The minimum atomic E-state index is -0.0787. The van der Waals surface area contributed by atoms with Crippen LogP contribution in [-0.2, 0) is 10.8 Å². The highest BCUT2D eigenvalue weighted by Gasteiger charge is 2.42. The lowest BCUT2D eigenvalue weighted by atomic mass is 9.34. The highest BCUT2D eigenvalue weighted by Crippen LogP contribution is 2.44. The van der Waals surface area contributed by atoms with Gasteiger partial charge in [-0.05, 0) is 57.1 Å². The molecule has 0 amide bonds. The number of para-hydroxylation sites is 2. The van der Waals surface area contributed by atoms with E-state index < -0.39 is 0 Å². The van der Waals surface area contributed by atoms with Crippen LogP contribution in [0.1, 0.15) is 52.7 Å². The van der Waals surface area contributed by atoms with Crippen molar-refractivity contribution in [1.29, 1.82) is 0 Å². The van der Waals surface area contributed by atoms with Crippen LogP contribution >= 0.6 is 0 Å². The zero-order valence-corrected chi connectivity index (χ0v) is 38.3. The Morgan fingerprint density at radius 2 is 0.866 bits per heavy atom. The van der Waals surface area contributed by atoms with Crippen molar-refractivity contribution in [1.82, 2.24) is 24.1 Å². The zero-order chi connectivity index (χ0) is 45.3. The van der Waals surface area contributed by atoms with Crippen LogP contribution in [0.4, 0.5) is 0 Å². The minimum absolute atomic E-state index is 0.0406. The second kappa shape index (κ2) is 14.3. The molecule has 2 aliphatic heterocycles. The summed E-state index contributed by atoms with van der Waals surface area (Å²) in [6.07, 6.45) is 0. The van der Waals surface area contributed by atoms with Gasteiger partial charge in [0.15, 0.2) is 11.6 Å². The fourth-order valence-corrected chi connectivity index (χ4v) is 10.4. The number of rotatable bonds is 4. The van der Waals surface area contributed by atoms with Gasteiger partial charge in [-0.15, -0.1) is 0 Å². The van der Waals surface area contributed by atoms with Crippen LogP contribution in [-0.4, -0.2) is 30.8 Å². The van der Waals surface area contributed by atoms with Crippen LogP contribution in [0.2, 0.25) is 0 Å². The summed E-state index contributed by atoms with van der Waals surface area (Å²) in [6, 6.07) is 60.0. The molecule has 0 fully saturated rings. The van der Waals surface area contributed by atoms with E-state index in [1.165, 1.54) is 11.1 Å². The number of hydrogen-bond acceptors (Lipinski definition) is 5. The summed E-state index contributed by atoms with van der Waals surface area (Å²) in [5.74, 6) is 5.05. The summed E-state index contributed by atoms with van der Waals surface area (Å²) >= 11 is 0. The van der Waals surface area contributed by atoms with Gasteiger partial charge in [0.05, 0.1) is 27.8 Å². The van der Waals surface area contributed by atoms with E-state index in [4.69, 9.17) is 24.4 Å². The Morgan fingerprint density at radius 3 is 1.36 bits per heavy atom. The van der Waals surface area contributed by atoms with E-state index in [-0.39, 0.29) is 17.5 Å². The third-order valence-electron chi connectivity index (χ3n) is 13.8. The molecule has 5 heterocycles. The van der Waals surface area contributed by atoms with Crippen molar-refractivity contribution >= 4 is 66.7 Å². The normalized spacial score (nSPS) is 13.1. The number of ether oxygens (including phenoxy) is 2. The predicted molar refractivity (Wildman–Crippen MR) is 274 cm³/mol. The van der Waals surface area contributed by atoms with E-state index in [2.05, 4.69) is 184 Å². The molecular formula is C59H46BN5O2. The van der Waals surface area contributed by atoms with Crippen molar-refractivity contribution < 1.29 is 9.47 Å². The molecule has 0 bridgehead atoms. The van der Waals surface area contributed by atoms with Crippen LogP contribution in [0.3, 0.4) is 0 Å². The molecule has 0 saturated carbocycles. The average molecular weight is 868 g/mol. The Hall–Kier alpha value is -7.97. The number of nitrogens with zero attached hydrogens (tertiary/aromatic N) is 5. The maximum absolute atomic E-state index is 7.08. The van der Waals surface area contributed by atoms with Crippen LogP contribution < -0.4 is 25.9 Å². The maximum Gasteiger partial charge on any atom is 0.260 e. The van der Waals surface area contributed by atoms with E-state index in [0.29, 0.717) is 17.6 Å². The van der Waals surface area contributed by atoms with Crippen molar-refractivity contribution in [3.63, 3.8) is 0 Å². The Balaban J connectivity index is 1.11. The second-order valence-electron chi connectivity index (χ2n) is 20.1. The van der Waals surface area contributed by atoms with Crippen molar-refractivity contribution in [3.8, 4) is 57.4 Å². The summed E-state index contributed by atoms with van der Waals surface area (Å²) in [7, 11) is 0. The van der Waals surface area contributed by atoms with Crippen LogP contribution in [0.15, 0.2) is 170 Å². The SMILES string of the molecule is CC(C)(C)c1ccc2c(c1)B1c3cc(C(C)(C)C)ccc3Oc3cc(-n4c5ccccc5c5ccc6c7ccccc7n(-c7nc(-c8ccccc8)nc(-c8ccccc8)n7)c6c54)cc(c31)O2. The number of benzene rings is 8. The predicted octanol–water partition coefficient (Wildman–Crippen LogP) is 12.7. The second-order valence-corrected chi connectivity index (χ2v) is 20.1. The van der Waals surface area contributed by atoms with Crippen LogP contribution in [0, 0.1) is 0 Å². The molecule has 3 aromatic heterocycles. The molecule has 13 rings (SSSR count). The molecule has 0 aliphatic carbocycles. The van der Waals surface area contributed by atoms with Gasteiger partial charge in [0.1, 0.15) is 23.0 Å². The zero-order valence-electron chi connectivity index (χ0n) is 38.3. The first kappa shape index (κ1) is 39.4. The third kappa shape index (κ3) is 6.09. The first-order valence-corrected chi connectivity index (χ1v) is 23.1. The molecule has 0 atom stereocenters. The summed E-state index contributed by atoms with van der Waals surface area (Å²) < 4.78 is 18.8. The first-order chi connectivity index (χ1) is 32.5. The van der Waals surface area contributed by atoms with Gasteiger partial charge in [-0.3, -0.25) is 4.57 Å². The maximum atomic E-state index is 7.08. The lowest BCUT2D eigenvalue weighted by molar-refractivity contribution is 0.463. The molecule has 2 aliphatic rings. The van der Waals surface area contributed by atoms with Gasteiger partial charge in [0, 0.05) is 50.3 Å². The fourth-order valence-electron chi connectivity index (χ4n) is 10.4. The van der Waals surface area contributed by atoms with E-state index in [1.807, 2.05) is 36.4 Å². The quantitative estimate of drug-likeness (QED) is 0.165. The lowest BCUT2D eigenvalue weighted by Crippen LogP contribution is -2.57. The Morgan fingerprint density at radius 1 is 0.418 bits per heavy atom. The molecule has 7 nitrogen and oxygen atoms in total. The smallest absolute Gasteiger partial charge is 0.260 e. The lowest BCUT2D eigenvalue weighted by Gasteiger charge is -2.35. The average Bonchev–Trinajstić information content (AvgIpc) is 3.86. The Bertz CT molecular complexity index is 3690. The van der Waals surface area contributed by atoms with Crippen molar-refractivity contribution in [2.24, 2.45) is 0 Å². The number of hydrogen-bond donors (Lipinski definition) is 0. The van der Waals surface area contributed by atoms with Gasteiger partial charge in [-0.1, -0.05) is 175 Å². The van der Waals surface area contributed by atoms with Crippen LogP contribution in [0.25, 0.3) is 78.0 Å². The summed E-state index contributed by atoms with van der Waals surface area (Å²) in [4.78, 5) is 15.7. The molecule has 8 aromatic carbocycles. The van der Waals surface area contributed by atoms with Gasteiger partial charge in [0.2, 0.25) is 5.95 Å². The number of fused-ring (bicyclic) bond motifs is 11. The van der Waals surface area contributed by atoms with E-state index >= 15 is 0 Å². The molecule has 0 N–H and O–H groups in total. The minimum Gasteiger partial charge on any atom is -0.458 e. The van der Waals surface area contributed by atoms with Crippen molar-refractivity contribution in [2.75, 3.05) is 0 Å². The molecule has 67 heavy (non-hydrogen) atoms. The highest BCUT2D eigenvalue weighted by molar-refractivity contribution is 6.98. The van der Waals surface area contributed by atoms with Gasteiger partial charge < -0.3 is 14.0 Å². The molecule has 0 spiro atoms. The monoisotopic (exact) mass is 867 g/mol. The van der Waals surface area contributed by atoms with Crippen molar-refractivity contribution in [2.45, 2.75) is 52.4 Å². The Kier molecular flexibility index (Phi) is 8.39. The first-order valence-electron chi connectivity index (χ1n) is 23.1. The molecule has 8 heteroatoms. The fraction of sp³-hybridized carbons (Fsp3) is 0.136. The third-order valence-corrected chi connectivity index (χ3v) is 13.8.